The van der Waals surface area contributed by atoms with Gasteiger partial charge < -0.3 is 15.5 Å². The van der Waals surface area contributed by atoms with Gasteiger partial charge in [-0.05, 0) is 48.6 Å². The number of aromatic hydroxyl groups is 1. The lowest BCUT2D eigenvalue weighted by atomic mass is 10.2. The summed E-state index contributed by atoms with van der Waals surface area (Å²) >= 11 is 16.8. The van der Waals surface area contributed by atoms with Crippen molar-refractivity contribution in [3.05, 3.63) is 57.6 Å². The van der Waals surface area contributed by atoms with Crippen molar-refractivity contribution < 1.29 is 19.8 Å². The van der Waals surface area contributed by atoms with Gasteiger partial charge in [-0.2, -0.15) is 0 Å². The van der Waals surface area contributed by atoms with Crippen molar-refractivity contribution in [3.63, 3.8) is 0 Å². The fraction of sp³-hybridized carbons (Fsp3) is 0. The van der Waals surface area contributed by atoms with E-state index in [0.29, 0.717) is 5.02 Å². The molecule has 0 aliphatic heterocycles. The Morgan fingerprint density at radius 3 is 2.42 bits per heavy atom. The minimum Gasteiger partial charge on any atom is -0.507 e. The van der Waals surface area contributed by atoms with Crippen LogP contribution in [0.25, 0.3) is 0 Å². The Balaban J connectivity index is 2.11. The second-order valence-corrected chi connectivity index (χ2v) is 5.82. The second kappa shape index (κ2) is 7.48. The highest BCUT2D eigenvalue weighted by Gasteiger charge is 2.14. The van der Waals surface area contributed by atoms with E-state index in [4.69, 9.17) is 40.5 Å². The lowest BCUT2D eigenvalue weighted by Crippen LogP contribution is -2.34. The lowest BCUT2D eigenvalue weighted by molar-refractivity contribution is 0.0693. The molecule has 0 aliphatic carbocycles. The summed E-state index contributed by atoms with van der Waals surface area (Å²) < 4.78 is 0. The van der Waals surface area contributed by atoms with Gasteiger partial charge in [0.15, 0.2) is 5.11 Å². The van der Waals surface area contributed by atoms with Crippen molar-refractivity contribution in [1.82, 2.24) is 5.32 Å². The van der Waals surface area contributed by atoms with Gasteiger partial charge in [0.25, 0.3) is 5.91 Å². The largest absolute Gasteiger partial charge is 0.507 e. The summed E-state index contributed by atoms with van der Waals surface area (Å²) in [4.78, 5) is 23.1. The van der Waals surface area contributed by atoms with Crippen molar-refractivity contribution in [1.29, 1.82) is 0 Å². The Hall–Kier alpha value is -2.35. The molecule has 0 heterocycles. The fourth-order valence-corrected chi connectivity index (χ4v) is 2.38. The van der Waals surface area contributed by atoms with E-state index in [1.807, 2.05) is 0 Å². The number of carboxylic acid groups (broad SMARTS) is 1. The van der Waals surface area contributed by atoms with Gasteiger partial charge in [0.1, 0.15) is 11.3 Å². The number of benzene rings is 2. The van der Waals surface area contributed by atoms with Gasteiger partial charge in [0.05, 0.1) is 10.6 Å². The number of thiocarbonyl (C=S) groups is 1. The number of nitrogens with one attached hydrogen (secondary N) is 2. The summed E-state index contributed by atoms with van der Waals surface area (Å²) in [6, 6.07) is 8.21. The Labute approximate surface area is 152 Å². The minimum atomic E-state index is -1.29. The molecular formula is C15H10Cl2N2O4S. The van der Waals surface area contributed by atoms with Gasteiger partial charge in [-0.15, -0.1) is 0 Å². The van der Waals surface area contributed by atoms with E-state index in [-0.39, 0.29) is 32.7 Å². The average molecular weight is 385 g/mol. The molecule has 9 heteroatoms. The first-order chi connectivity index (χ1) is 11.3. The highest BCUT2D eigenvalue weighted by molar-refractivity contribution is 7.80. The molecule has 2 rings (SSSR count). The number of hydrogen-bond donors (Lipinski definition) is 4. The van der Waals surface area contributed by atoms with Crippen LogP contribution >= 0.6 is 35.4 Å². The van der Waals surface area contributed by atoms with E-state index < -0.39 is 11.9 Å². The first-order valence-corrected chi connectivity index (χ1v) is 7.58. The molecule has 0 fully saturated rings. The Morgan fingerprint density at radius 2 is 1.75 bits per heavy atom. The van der Waals surface area contributed by atoms with Gasteiger partial charge in [0, 0.05) is 10.7 Å². The molecule has 0 bridgehead atoms. The Bertz CT molecular complexity index is 842. The number of carbonyl (C=O) groups is 2. The number of anilines is 1. The average Bonchev–Trinajstić information content (AvgIpc) is 2.51. The molecule has 2 aromatic carbocycles. The summed E-state index contributed by atoms with van der Waals surface area (Å²) in [5.74, 6) is -2.25. The van der Waals surface area contributed by atoms with Crippen LogP contribution in [0.1, 0.15) is 20.7 Å². The molecule has 4 N–H and O–H groups in total. The number of amides is 1. The highest BCUT2D eigenvalue weighted by Crippen LogP contribution is 2.22. The quantitative estimate of drug-likeness (QED) is 0.477. The summed E-state index contributed by atoms with van der Waals surface area (Å²) in [5, 5.41) is 23.9. The molecule has 0 spiro atoms. The first kappa shape index (κ1) is 18.0. The molecule has 0 atom stereocenters. The van der Waals surface area contributed by atoms with E-state index in [9.17, 15) is 14.7 Å². The lowest BCUT2D eigenvalue weighted by Gasteiger charge is -2.11. The summed E-state index contributed by atoms with van der Waals surface area (Å²) in [5.41, 5.74) is 0.130. The Kier molecular flexibility index (Phi) is 5.61. The standard InChI is InChI=1S/C15H10Cl2N2O4S/c16-7-1-3-11(17)9(5-7)13(21)19-15(24)18-8-2-4-12(20)10(6-8)14(22)23/h1-6,20H,(H,22,23)(H2,18,19,21,24). The summed E-state index contributed by atoms with van der Waals surface area (Å²) in [6.07, 6.45) is 0. The van der Waals surface area contributed by atoms with Gasteiger partial charge in [-0.25, -0.2) is 4.79 Å². The highest BCUT2D eigenvalue weighted by atomic mass is 35.5. The van der Waals surface area contributed by atoms with Crippen LogP contribution in [-0.2, 0) is 0 Å². The minimum absolute atomic E-state index is 0.0712. The van der Waals surface area contributed by atoms with E-state index in [1.54, 1.807) is 6.07 Å². The maximum atomic E-state index is 12.1. The van der Waals surface area contributed by atoms with Crippen LogP contribution < -0.4 is 10.6 Å². The zero-order chi connectivity index (χ0) is 17.9. The first-order valence-electron chi connectivity index (χ1n) is 6.41. The summed E-state index contributed by atoms with van der Waals surface area (Å²) in [6.45, 7) is 0. The molecule has 24 heavy (non-hydrogen) atoms. The monoisotopic (exact) mass is 384 g/mol. The SMILES string of the molecule is O=C(O)c1cc(NC(=S)NC(=O)c2cc(Cl)ccc2Cl)ccc1O. The predicted octanol–water partition coefficient (Wildman–Crippen LogP) is 3.52. The van der Waals surface area contributed by atoms with Crippen molar-refractivity contribution in [2.24, 2.45) is 0 Å². The molecule has 0 saturated heterocycles. The molecule has 0 aromatic heterocycles. The van der Waals surface area contributed by atoms with E-state index in [2.05, 4.69) is 10.6 Å². The third-order valence-electron chi connectivity index (χ3n) is 2.88. The molecule has 0 aliphatic rings. The molecule has 1 amide bonds. The molecule has 6 nitrogen and oxygen atoms in total. The van der Waals surface area contributed by atoms with Crippen molar-refractivity contribution in [2.75, 3.05) is 5.32 Å². The van der Waals surface area contributed by atoms with Crippen LogP contribution in [-0.4, -0.2) is 27.2 Å². The normalized spacial score (nSPS) is 10.1. The number of phenols is 1. The van der Waals surface area contributed by atoms with Gasteiger partial charge >= 0.3 is 5.97 Å². The second-order valence-electron chi connectivity index (χ2n) is 4.57. The maximum Gasteiger partial charge on any atom is 0.339 e. The predicted molar refractivity (Wildman–Crippen MR) is 95.2 cm³/mol. The number of aromatic carboxylic acids is 1. The summed E-state index contributed by atoms with van der Waals surface area (Å²) in [7, 11) is 0. The fourth-order valence-electron chi connectivity index (χ4n) is 1.79. The topological polar surface area (TPSA) is 98.7 Å². The van der Waals surface area contributed by atoms with E-state index in [0.717, 1.165) is 0 Å². The third-order valence-corrected chi connectivity index (χ3v) is 3.65. The van der Waals surface area contributed by atoms with Crippen LogP contribution in [0.5, 0.6) is 5.75 Å². The third kappa shape index (κ3) is 4.35. The van der Waals surface area contributed by atoms with Crippen LogP contribution in [0.15, 0.2) is 36.4 Å². The van der Waals surface area contributed by atoms with Gasteiger partial charge in [-0.3, -0.25) is 10.1 Å². The zero-order valence-electron chi connectivity index (χ0n) is 11.8. The van der Waals surface area contributed by atoms with E-state index in [1.165, 1.54) is 30.3 Å². The van der Waals surface area contributed by atoms with Crippen LogP contribution in [0.2, 0.25) is 10.0 Å². The van der Waals surface area contributed by atoms with Crippen molar-refractivity contribution >= 4 is 58.1 Å². The van der Waals surface area contributed by atoms with Gasteiger partial charge in [0.2, 0.25) is 0 Å². The van der Waals surface area contributed by atoms with E-state index >= 15 is 0 Å². The zero-order valence-corrected chi connectivity index (χ0v) is 14.2. The smallest absolute Gasteiger partial charge is 0.339 e. The van der Waals surface area contributed by atoms with Crippen LogP contribution in [0.3, 0.4) is 0 Å². The molecule has 0 unspecified atom stereocenters. The van der Waals surface area contributed by atoms with Gasteiger partial charge in [-0.1, -0.05) is 23.2 Å². The number of carboxylic acids is 1. The maximum absolute atomic E-state index is 12.1. The number of hydrogen-bond acceptors (Lipinski definition) is 4. The van der Waals surface area contributed by atoms with Crippen molar-refractivity contribution in [3.8, 4) is 5.75 Å². The van der Waals surface area contributed by atoms with Crippen LogP contribution in [0.4, 0.5) is 5.69 Å². The number of halogens is 2. The van der Waals surface area contributed by atoms with Crippen molar-refractivity contribution in [2.45, 2.75) is 0 Å². The van der Waals surface area contributed by atoms with Crippen LogP contribution in [0, 0.1) is 0 Å². The molecular weight excluding hydrogens is 375 g/mol. The molecule has 124 valence electrons. The molecule has 0 saturated carbocycles. The number of carbonyl (C=O) groups excluding carboxylic acids is 1. The number of rotatable bonds is 3. The Morgan fingerprint density at radius 1 is 1.04 bits per heavy atom. The molecule has 2 aromatic rings. The molecule has 0 radical (unpaired) electrons.